The summed E-state index contributed by atoms with van der Waals surface area (Å²) in [5.41, 5.74) is 17.4. The van der Waals surface area contributed by atoms with Gasteiger partial charge in [0.2, 0.25) is 0 Å². The molecule has 0 spiro atoms. The molecule has 8 heteroatoms. The molecule has 0 atom stereocenters. The number of rotatable bonds is 3. The summed E-state index contributed by atoms with van der Waals surface area (Å²) in [4.78, 5) is 25.5. The Bertz CT molecular complexity index is 535. The molecule has 0 saturated carbocycles. The highest BCUT2D eigenvalue weighted by Gasteiger charge is 2.29. The minimum absolute atomic E-state index is 0.0965. The molecule has 110 valence electrons. The quantitative estimate of drug-likeness (QED) is 0.682. The minimum Gasteiger partial charge on any atom is -0.465 e. The van der Waals surface area contributed by atoms with Crippen molar-refractivity contribution >= 4 is 33.9 Å². The summed E-state index contributed by atoms with van der Waals surface area (Å²) in [6, 6.07) is 0.167. The van der Waals surface area contributed by atoms with E-state index >= 15 is 0 Å². The molecule has 1 fully saturated rings. The van der Waals surface area contributed by atoms with Gasteiger partial charge in [0.25, 0.3) is 5.91 Å². The number of esters is 1. The van der Waals surface area contributed by atoms with E-state index in [-0.39, 0.29) is 22.2 Å². The van der Waals surface area contributed by atoms with E-state index in [1.165, 1.54) is 7.11 Å². The topological polar surface area (TPSA) is 125 Å². The summed E-state index contributed by atoms with van der Waals surface area (Å²) in [5, 5.41) is 0.634. The number of methoxy groups -OCH3 is 1. The maximum Gasteiger partial charge on any atom is 0.343 e. The van der Waals surface area contributed by atoms with Crippen molar-refractivity contribution in [2.24, 2.45) is 11.5 Å². The number of thiophene rings is 1. The van der Waals surface area contributed by atoms with Crippen molar-refractivity contribution < 1.29 is 14.3 Å². The van der Waals surface area contributed by atoms with Gasteiger partial charge in [-0.3, -0.25) is 4.79 Å². The number of nitrogens with zero attached hydrogens (tertiary/aromatic N) is 1. The SMILES string of the molecule is COC(=O)c1c(N2CCC(N)CC2)sc(C(N)=O)c1N. The molecule has 1 aliphatic heterocycles. The van der Waals surface area contributed by atoms with Gasteiger partial charge in [0.05, 0.1) is 12.8 Å². The van der Waals surface area contributed by atoms with Gasteiger partial charge < -0.3 is 26.8 Å². The van der Waals surface area contributed by atoms with Crippen LogP contribution in [0, 0.1) is 0 Å². The van der Waals surface area contributed by atoms with E-state index in [0.717, 1.165) is 24.2 Å². The lowest BCUT2D eigenvalue weighted by Gasteiger charge is -2.31. The van der Waals surface area contributed by atoms with Crippen LogP contribution in [-0.4, -0.2) is 38.1 Å². The zero-order valence-electron chi connectivity index (χ0n) is 11.2. The maximum absolute atomic E-state index is 11.9. The predicted molar refractivity (Wildman–Crippen MR) is 78.0 cm³/mol. The number of ether oxygens (including phenoxy) is 1. The summed E-state index contributed by atoms with van der Waals surface area (Å²) in [6.45, 7) is 1.42. The van der Waals surface area contributed by atoms with Crippen LogP contribution >= 0.6 is 11.3 Å². The largest absolute Gasteiger partial charge is 0.465 e. The van der Waals surface area contributed by atoms with Gasteiger partial charge in [-0.1, -0.05) is 0 Å². The van der Waals surface area contributed by atoms with Crippen LogP contribution in [0.1, 0.15) is 32.9 Å². The molecular weight excluding hydrogens is 280 g/mol. The number of carbonyl (C=O) groups excluding carboxylic acids is 2. The van der Waals surface area contributed by atoms with Crippen molar-refractivity contribution in [2.75, 3.05) is 30.8 Å². The average Bonchev–Trinajstić information content (AvgIpc) is 2.76. The van der Waals surface area contributed by atoms with E-state index in [1.807, 2.05) is 4.90 Å². The molecule has 0 bridgehead atoms. The van der Waals surface area contributed by atoms with Gasteiger partial charge in [-0.25, -0.2) is 4.79 Å². The molecule has 7 nitrogen and oxygen atoms in total. The van der Waals surface area contributed by atoms with Gasteiger partial charge >= 0.3 is 5.97 Å². The fraction of sp³-hybridized carbons (Fsp3) is 0.500. The number of amides is 1. The minimum atomic E-state index is -0.641. The second-order valence-electron chi connectivity index (χ2n) is 4.71. The number of anilines is 2. The lowest BCUT2D eigenvalue weighted by molar-refractivity contribution is 0.0603. The molecule has 1 aliphatic rings. The number of carbonyl (C=O) groups is 2. The van der Waals surface area contributed by atoms with Gasteiger partial charge in [0.1, 0.15) is 15.4 Å². The van der Waals surface area contributed by atoms with Crippen LogP contribution in [0.3, 0.4) is 0 Å². The molecule has 0 aromatic carbocycles. The van der Waals surface area contributed by atoms with Crippen LogP contribution in [0.15, 0.2) is 0 Å². The van der Waals surface area contributed by atoms with Crippen molar-refractivity contribution in [1.82, 2.24) is 0 Å². The maximum atomic E-state index is 11.9. The van der Waals surface area contributed by atoms with Gasteiger partial charge in [-0.15, -0.1) is 11.3 Å². The summed E-state index contributed by atoms with van der Waals surface area (Å²) >= 11 is 1.13. The first-order valence-electron chi connectivity index (χ1n) is 6.26. The first kappa shape index (κ1) is 14.6. The average molecular weight is 298 g/mol. The number of hydrogen-bond acceptors (Lipinski definition) is 7. The monoisotopic (exact) mass is 298 g/mol. The normalized spacial score (nSPS) is 16.2. The van der Waals surface area contributed by atoms with E-state index in [1.54, 1.807) is 0 Å². The van der Waals surface area contributed by atoms with E-state index in [0.29, 0.717) is 18.1 Å². The third-order valence-corrected chi connectivity index (χ3v) is 4.65. The highest BCUT2D eigenvalue weighted by Crippen LogP contribution is 2.39. The summed E-state index contributed by atoms with van der Waals surface area (Å²) < 4.78 is 4.75. The van der Waals surface area contributed by atoms with Crippen molar-refractivity contribution in [1.29, 1.82) is 0 Å². The second-order valence-corrected chi connectivity index (χ2v) is 5.70. The van der Waals surface area contributed by atoms with Crippen LogP contribution in [0.2, 0.25) is 0 Å². The smallest absolute Gasteiger partial charge is 0.343 e. The molecule has 0 aliphatic carbocycles. The highest BCUT2D eigenvalue weighted by atomic mass is 32.1. The molecular formula is C12H18N4O3S. The first-order chi connectivity index (χ1) is 9.45. The fourth-order valence-electron chi connectivity index (χ4n) is 2.24. The van der Waals surface area contributed by atoms with Crippen LogP contribution in [-0.2, 0) is 4.74 Å². The van der Waals surface area contributed by atoms with Crippen molar-refractivity contribution in [2.45, 2.75) is 18.9 Å². The molecule has 2 rings (SSSR count). The van der Waals surface area contributed by atoms with Crippen LogP contribution in [0.4, 0.5) is 10.7 Å². The predicted octanol–water partition coefficient (Wildman–Crippen LogP) is 0.143. The summed E-state index contributed by atoms with van der Waals surface area (Å²) in [5.74, 6) is -1.20. The van der Waals surface area contributed by atoms with Crippen molar-refractivity contribution in [3.63, 3.8) is 0 Å². The Labute approximate surface area is 120 Å². The fourth-order valence-corrected chi connectivity index (χ4v) is 3.35. The number of primary amides is 1. The van der Waals surface area contributed by atoms with Crippen molar-refractivity contribution in [3.05, 3.63) is 10.4 Å². The first-order valence-corrected chi connectivity index (χ1v) is 7.08. The van der Waals surface area contributed by atoms with Gasteiger partial charge in [-0.2, -0.15) is 0 Å². The molecule has 20 heavy (non-hydrogen) atoms. The standard InChI is InChI=1S/C12H18N4O3S/c1-19-12(18)7-8(14)9(10(15)17)20-11(7)16-4-2-6(13)3-5-16/h6H,2-5,13-14H2,1H3,(H2,15,17). The molecule has 1 aromatic rings. The molecule has 0 radical (unpaired) electrons. The Morgan fingerprint density at radius 1 is 1.35 bits per heavy atom. The molecule has 2 heterocycles. The summed E-state index contributed by atoms with van der Waals surface area (Å²) in [6.07, 6.45) is 1.65. The molecule has 6 N–H and O–H groups in total. The van der Waals surface area contributed by atoms with E-state index in [9.17, 15) is 9.59 Å². The molecule has 1 saturated heterocycles. The zero-order valence-corrected chi connectivity index (χ0v) is 12.0. The van der Waals surface area contributed by atoms with E-state index in [4.69, 9.17) is 21.9 Å². The Morgan fingerprint density at radius 2 is 1.95 bits per heavy atom. The molecule has 1 aromatic heterocycles. The Morgan fingerprint density at radius 3 is 2.45 bits per heavy atom. The Hall–Kier alpha value is -1.80. The third kappa shape index (κ3) is 2.56. The number of hydrogen-bond donors (Lipinski definition) is 3. The number of nitrogen functional groups attached to an aromatic ring is 1. The lowest BCUT2D eigenvalue weighted by atomic mass is 10.1. The van der Waals surface area contributed by atoms with Crippen LogP contribution < -0.4 is 22.1 Å². The van der Waals surface area contributed by atoms with E-state index < -0.39 is 11.9 Å². The third-order valence-electron chi connectivity index (χ3n) is 3.37. The van der Waals surface area contributed by atoms with Crippen LogP contribution in [0.5, 0.6) is 0 Å². The van der Waals surface area contributed by atoms with Gasteiger partial charge in [0, 0.05) is 19.1 Å². The zero-order chi connectivity index (χ0) is 14.9. The summed E-state index contributed by atoms with van der Waals surface area (Å²) in [7, 11) is 1.28. The number of nitrogens with two attached hydrogens (primary N) is 3. The Kier molecular flexibility index (Phi) is 4.15. The second kappa shape index (κ2) is 5.68. The van der Waals surface area contributed by atoms with Crippen LogP contribution in [0.25, 0.3) is 0 Å². The van der Waals surface area contributed by atoms with Gasteiger partial charge in [0.15, 0.2) is 0 Å². The molecule has 1 amide bonds. The Balaban J connectivity index is 2.43. The van der Waals surface area contributed by atoms with Gasteiger partial charge in [-0.05, 0) is 12.8 Å². The number of piperidine rings is 1. The highest BCUT2D eigenvalue weighted by molar-refractivity contribution is 7.19. The lowest BCUT2D eigenvalue weighted by Crippen LogP contribution is -2.39. The molecule has 0 unspecified atom stereocenters. The van der Waals surface area contributed by atoms with E-state index in [2.05, 4.69) is 0 Å². The van der Waals surface area contributed by atoms with Crippen molar-refractivity contribution in [3.8, 4) is 0 Å².